The van der Waals surface area contributed by atoms with Gasteiger partial charge in [0.2, 0.25) is 15.9 Å². The molecule has 160 valence electrons. The molecule has 0 aromatic heterocycles. The fraction of sp³-hybridized carbons (Fsp3) is 0.556. The lowest BCUT2D eigenvalue weighted by molar-refractivity contribution is -0.144. The van der Waals surface area contributed by atoms with Gasteiger partial charge in [-0.25, -0.2) is 8.42 Å². The van der Waals surface area contributed by atoms with Crippen molar-refractivity contribution in [2.75, 3.05) is 32.9 Å². The molecular weight excluding hydrogens is 424 g/mol. The molecule has 1 fully saturated rings. The summed E-state index contributed by atoms with van der Waals surface area (Å²) in [4.78, 5) is 24.0. The zero-order chi connectivity index (χ0) is 21.2. The summed E-state index contributed by atoms with van der Waals surface area (Å²) < 4.78 is 43.3. The molecule has 1 amide bonds. The maximum Gasteiger partial charge on any atom is 0.325 e. The number of carbonyl (C=O) groups excluding carboxylic acids is 2. The Hall–Kier alpha value is -1.88. The van der Waals surface area contributed by atoms with Gasteiger partial charge in [0.1, 0.15) is 24.4 Å². The summed E-state index contributed by atoms with van der Waals surface area (Å²) in [6.45, 7) is 3.39. The van der Waals surface area contributed by atoms with E-state index in [0.29, 0.717) is 17.7 Å². The van der Waals surface area contributed by atoms with E-state index < -0.39 is 27.9 Å². The summed E-state index contributed by atoms with van der Waals surface area (Å²) in [5.74, 6) is -0.749. The molecular formula is C18H23ClN2O7S. The number of ether oxygens (including phenoxy) is 3. The first-order chi connectivity index (χ1) is 13.7. The topological polar surface area (TPSA) is 111 Å². The largest absolute Gasteiger partial charge is 0.489 e. The summed E-state index contributed by atoms with van der Waals surface area (Å²) in [6, 6.07) is 1.75. The van der Waals surface area contributed by atoms with E-state index in [4.69, 9.17) is 25.8 Å². The molecule has 0 unspecified atom stereocenters. The van der Waals surface area contributed by atoms with Crippen LogP contribution in [-0.4, -0.2) is 69.7 Å². The van der Waals surface area contributed by atoms with Crippen molar-refractivity contribution in [2.45, 2.75) is 37.3 Å². The lowest BCUT2D eigenvalue weighted by Gasteiger charge is -2.33. The molecule has 2 aliphatic heterocycles. The van der Waals surface area contributed by atoms with Crippen LogP contribution in [0.3, 0.4) is 0 Å². The second kappa shape index (κ2) is 8.86. The van der Waals surface area contributed by atoms with Crippen molar-refractivity contribution in [2.24, 2.45) is 0 Å². The Bertz CT molecular complexity index is 906. The predicted molar refractivity (Wildman–Crippen MR) is 103 cm³/mol. The molecule has 0 saturated carbocycles. The summed E-state index contributed by atoms with van der Waals surface area (Å²) in [5.41, 5.74) is 0.708. The van der Waals surface area contributed by atoms with Gasteiger partial charge >= 0.3 is 5.97 Å². The number of amides is 1. The molecule has 11 heteroatoms. The average Bonchev–Trinajstić information content (AvgIpc) is 3.07. The molecule has 0 bridgehead atoms. The van der Waals surface area contributed by atoms with E-state index in [1.54, 1.807) is 6.92 Å². The molecule has 1 saturated heterocycles. The summed E-state index contributed by atoms with van der Waals surface area (Å²) in [7, 11) is -4.03. The van der Waals surface area contributed by atoms with Crippen LogP contribution in [0.4, 0.5) is 0 Å². The minimum absolute atomic E-state index is 0.00142. The van der Waals surface area contributed by atoms with Crippen LogP contribution in [0, 0.1) is 0 Å². The fourth-order valence-electron chi connectivity index (χ4n) is 3.31. The SMILES string of the molecule is CCOC(=O)CNC(=O)[C@@H]1COCCN1S(=O)(=O)c1cc(Cl)c2c(c1)C[C@@H](C)O2. The molecule has 0 radical (unpaired) electrons. The van der Waals surface area contributed by atoms with Gasteiger partial charge in [0.05, 0.1) is 29.7 Å². The number of hydrogen-bond acceptors (Lipinski definition) is 7. The van der Waals surface area contributed by atoms with Gasteiger partial charge in [-0.15, -0.1) is 0 Å². The smallest absolute Gasteiger partial charge is 0.325 e. The summed E-state index contributed by atoms with van der Waals surface area (Å²) >= 11 is 6.23. The number of esters is 1. The van der Waals surface area contributed by atoms with Crippen LogP contribution in [-0.2, 0) is 35.5 Å². The first-order valence-corrected chi connectivity index (χ1v) is 11.1. The van der Waals surface area contributed by atoms with Crippen LogP contribution in [0.2, 0.25) is 5.02 Å². The van der Waals surface area contributed by atoms with Crippen molar-refractivity contribution in [3.63, 3.8) is 0 Å². The molecule has 1 aromatic carbocycles. The van der Waals surface area contributed by atoms with E-state index in [1.165, 1.54) is 12.1 Å². The molecule has 9 nitrogen and oxygen atoms in total. The number of carbonyl (C=O) groups is 2. The van der Waals surface area contributed by atoms with Crippen molar-refractivity contribution in [3.8, 4) is 5.75 Å². The number of nitrogens with zero attached hydrogens (tertiary/aromatic N) is 1. The number of fused-ring (bicyclic) bond motifs is 1. The van der Waals surface area contributed by atoms with Gasteiger partial charge in [-0.05, 0) is 26.0 Å². The Morgan fingerprint density at radius 2 is 2.14 bits per heavy atom. The fourth-order valence-corrected chi connectivity index (χ4v) is 5.30. The van der Waals surface area contributed by atoms with Gasteiger partial charge in [0.15, 0.2) is 0 Å². The zero-order valence-electron chi connectivity index (χ0n) is 16.1. The molecule has 0 spiro atoms. The van der Waals surface area contributed by atoms with E-state index in [1.807, 2.05) is 6.92 Å². The van der Waals surface area contributed by atoms with Gasteiger partial charge in [0.25, 0.3) is 0 Å². The highest BCUT2D eigenvalue weighted by Gasteiger charge is 2.39. The molecule has 0 aliphatic carbocycles. The Labute approximate surface area is 174 Å². The summed E-state index contributed by atoms with van der Waals surface area (Å²) in [5, 5.41) is 2.61. The third kappa shape index (κ3) is 4.66. The minimum atomic E-state index is -4.03. The first kappa shape index (κ1) is 21.8. The molecule has 2 aliphatic rings. The highest BCUT2D eigenvalue weighted by atomic mass is 35.5. The number of sulfonamides is 1. The first-order valence-electron chi connectivity index (χ1n) is 9.26. The Balaban J connectivity index is 1.83. The highest BCUT2D eigenvalue weighted by Crippen LogP contribution is 2.38. The van der Waals surface area contributed by atoms with Gasteiger partial charge in [0, 0.05) is 18.5 Å². The van der Waals surface area contributed by atoms with Crippen LogP contribution in [0.1, 0.15) is 19.4 Å². The summed E-state index contributed by atoms with van der Waals surface area (Å²) in [6.07, 6.45) is 0.454. The number of benzene rings is 1. The van der Waals surface area contributed by atoms with Crippen molar-refractivity contribution < 1.29 is 32.2 Å². The molecule has 1 aromatic rings. The molecule has 2 heterocycles. The van der Waals surface area contributed by atoms with Gasteiger partial charge in [-0.1, -0.05) is 11.6 Å². The number of rotatable bonds is 6. The predicted octanol–water partition coefficient (Wildman–Crippen LogP) is 0.732. The lowest BCUT2D eigenvalue weighted by Crippen LogP contribution is -2.56. The second-order valence-corrected chi connectivity index (χ2v) is 9.05. The third-order valence-corrected chi connectivity index (χ3v) is 6.79. The Morgan fingerprint density at radius 1 is 1.38 bits per heavy atom. The van der Waals surface area contributed by atoms with Crippen LogP contribution < -0.4 is 10.1 Å². The third-order valence-electron chi connectivity index (χ3n) is 4.62. The van der Waals surface area contributed by atoms with E-state index in [9.17, 15) is 18.0 Å². The monoisotopic (exact) mass is 446 g/mol. The Kier molecular flexibility index (Phi) is 6.67. The molecule has 3 rings (SSSR count). The number of hydrogen-bond donors (Lipinski definition) is 1. The van der Waals surface area contributed by atoms with Crippen LogP contribution in [0.15, 0.2) is 17.0 Å². The van der Waals surface area contributed by atoms with E-state index in [0.717, 1.165) is 4.31 Å². The normalized spacial score (nSPS) is 21.9. The quantitative estimate of drug-likeness (QED) is 0.641. The van der Waals surface area contributed by atoms with Crippen LogP contribution in [0.25, 0.3) is 0 Å². The van der Waals surface area contributed by atoms with Gasteiger partial charge in [-0.3, -0.25) is 9.59 Å². The molecule has 2 atom stereocenters. The lowest BCUT2D eigenvalue weighted by atomic mass is 10.1. The standard InChI is InChI=1S/C18H23ClN2O7S/c1-3-27-16(22)9-20-18(23)15-10-26-5-4-21(15)29(24,25)13-7-12-6-11(2)28-17(12)14(19)8-13/h7-8,11,15H,3-6,9-10H2,1-2H3,(H,20,23)/t11-,15+/m1/s1. The van der Waals surface area contributed by atoms with Gasteiger partial charge < -0.3 is 19.5 Å². The van der Waals surface area contributed by atoms with Crippen molar-refractivity contribution >= 4 is 33.5 Å². The molecule has 1 N–H and O–H groups in total. The van der Waals surface area contributed by atoms with Crippen molar-refractivity contribution in [1.82, 2.24) is 9.62 Å². The van der Waals surface area contributed by atoms with Crippen molar-refractivity contribution in [3.05, 3.63) is 22.7 Å². The number of halogens is 1. The maximum absolute atomic E-state index is 13.3. The van der Waals surface area contributed by atoms with Crippen LogP contribution in [0.5, 0.6) is 5.75 Å². The minimum Gasteiger partial charge on any atom is -0.489 e. The van der Waals surface area contributed by atoms with Crippen molar-refractivity contribution in [1.29, 1.82) is 0 Å². The number of nitrogens with one attached hydrogen (secondary N) is 1. The average molecular weight is 447 g/mol. The van der Waals surface area contributed by atoms with Crippen LogP contribution >= 0.6 is 11.6 Å². The maximum atomic E-state index is 13.3. The van der Waals surface area contributed by atoms with E-state index in [-0.39, 0.29) is 48.9 Å². The highest BCUT2D eigenvalue weighted by molar-refractivity contribution is 7.89. The second-order valence-electron chi connectivity index (χ2n) is 6.76. The Morgan fingerprint density at radius 3 is 2.86 bits per heavy atom. The van der Waals surface area contributed by atoms with E-state index >= 15 is 0 Å². The number of morpholine rings is 1. The molecule has 29 heavy (non-hydrogen) atoms. The van der Waals surface area contributed by atoms with E-state index in [2.05, 4.69) is 5.32 Å². The van der Waals surface area contributed by atoms with Gasteiger partial charge in [-0.2, -0.15) is 4.31 Å². The zero-order valence-corrected chi connectivity index (χ0v) is 17.7.